The first-order valence-electron chi connectivity index (χ1n) is 12.1. The van der Waals surface area contributed by atoms with E-state index in [1.54, 1.807) is 0 Å². The zero-order valence-electron chi connectivity index (χ0n) is 19.7. The summed E-state index contributed by atoms with van der Waals surface area (Å²) in [5, 5.41) is 15.0. The molecule has 0 aliphatic heterocycles. The van der Waals surface area contributed by atoms with Crippen LogP contribution in [0.5, 0.6) is 0 Å². The fraction of sp³-hybridized carbons (Fsp3) is 0.444. The average Bonchev–Trinajstić information content (AvgIpc) is 3.29. The second kappa shape index (κ2) is 9.34. The van der Waals surface area contributed by atoms with Crippen LogP contribution in [0.4, 0.5) is 4.79 Å². The molecule has 2 saturated carbocycles. The quantitative estimate of drug-likeness (QED) is 0.510. The van der Waals surface area contributed by atoms with Crippen LogP contribution in [0.3, 0.4) is 0 Å². The Morgan fingerprint density at radius 3 is 2.31 bits per heavy atom. The molecule has 2 amide bonds. The van der Waals surface area contributed by atoms with Gasteiger partial charge in [0.1, 0.15) is 6.61 Å². The largest absolute Gasteiger partial charge is 0.481 e. The van der Waals surface area contributed by atoms with Crippen molar-refractivity contribution in [1.29, 1.82) is 0 Å². The van der Waals surface area contributed by atoms with Crippen LogP contribution in [0, 0.1) is 11.3 Å². The maximum Gasteiger partial charge on any atom is 0.407 e. The van der Waals surface area contributed by atoms with Crippen LogP contribution >= 0.6 is 0 Å². The van der Waals surface area contributed by atoms with Crippen molar-refractivity contribution in [3.05, 3.63) is 59.7 Å². The van der Waals surface area contributed by atoms with E-state index in [4.69, 9.17) is 9.47 Å². The summed E-state index contributed by atoms with van der Waals surface area (Å²) >= 11 is 0. The summed E-state index contributed by atoms with van der Waals surface area (Å²) in [5.74, 6) is -0.832. The number of hydrogen-bond donors (Lipinski definition) is 3. The Balaban J connectivity index is 1.08. The second-order valence-corrected chi connectivity index (χ2v) is 9.83. The van der Waals surface area contributed by atoms with Crippen molar-refractivity contribution in [3.8, 4) is 11.1 Å². The monoisotopic (exact) mass is 478 g/mol. The first-order valence-corrected chi connectivity index (χ1v) is 12.1. The molecule has 2 aromatic carbocycles. The highest BCUT2D eigenvalue weighted by Gasteiger charge is 2.65. The molecule has 0 bridgehead atoms. The minimum absolute atomic E-state index is 0.0242. The number of fused-ring (bicyclic) bond motifs is 4. The fourth-order valence-corrected chi connectivity index (χ4v) is 5.84. The van der Waals surface area contributed by atoms with E-state index in [1.165, 1.54) is 7.11 Å². The predicted octanol–water partition coefficient (Wildman–Crippen LogP) is 3.30. The molecule has 3 N–H and O–H groups in total. The lowest BCUT2D eigenvalue weighted by atomic mass is 9.98. The molecular weight excluding hydrogens is 448 g/mol. The van der Waals surface area contributed by atoms with Gasteiger partial charge in [-0.25, -0.2) is 4.79 Å². The van der Waals surface area contributed by atoms with Gasteiger partial charge in [0.05, 0.1) is 17.9 Å². The topological polar surface area (TPSA) is 114 Å². The summed E-state index contributed by atoms with van der Waals surface area (Å²) in [6, 6.07) is 16.2. The zero-order valence-corrected chi connectivity index (χ0v) is 19.7. The van der Waals surface area contributed by atoms with Crippen LogP contribution < -0.4 is 10.6 Å². The highest BCUT2D eigenvalue weighted by molar-refractivity contribution is 5.81. The molecule has 1 unspecified atom stereocenters. The van der Waals surface area contributed by atoms with Crippen molar-refractivity contribution in [2.45, 2.75) is 43.7 Å². The lowest BCUT2D eigenvalue weighted by Gasteiger charge is -2.20. The third-order valence-electron chi connectivity index (χ3n) is 7.77. The molecule has 2 aromatic rings. The first-order chi connectivity index (χ1) is 16.9. The number of carbonyl (C=O) groups excluding carboxylic acids is 2. The van der Waals surface area contributed by atoms with Crippen molar-refractivity contribution in [2.75, 3.05) is 20.3 Å². The standard InChI is InChI=1S/C27H30N2O6/c1-34-18(11-24(30)29-17-10-16-12-27(16,13-17)25(31)32)14-28-26(33)35-15-23-21-8-4-2-6-19(21)20-7-3-5-9-22(20)23/h2-9,16-18,23H,10-15H2,1H3,(H,28,33)(H,29,30)(H,31,32)/t16-,17+,18?,27+/m0/s1. The van der Waals surface area contributed by atoms with Crippen molar-refractivity contribution >= 4 is 18.0 Å². The van der Waals surface area contributed by atoms with Crippen molar-refractivity contribution in [2.24, 2.45) is 11.3 Å². The van der Waals surface area contributed by atoms with Gasteiger partial charge in [-0.05, 0) is 47.4 Å². The number of carbonyl (C=O) groups is 3. The zero-order chi connectivity index (χ0) is 24.6. The van der Waals surface area contributed by atoms with E-state index in [-0.39, 0.29) is 43.4 Å². The number of hydrogen-bond acceptors (Lipinski definition) is 5. The van der Waals surface area contributed by atoms with Gasteiger partial charge in [0.15, 0.2) is 0 Å². The number of rotatable bonds is 9. The Kier molecular flexibility index (Phi) is 6.23. The van der Waals surface area contributed by atoms with Gasteiger partial charge in [-0.2, -0.15) is 0 Å². The van der Waals surface area contributed by atoms with E-state index in [2.05, 4.69) is 34.9 Å². The van der Waals surface area contributed by atoms with E-state index in [9.17, 15) is 19.5 Å². The van der Waals surface area contributed by atoms with Gasteiger partial charge < -0.3 is 25.2 Å². The van der Waals surface area contributed by atoms with Crippen LogP contribution in [0.1, 0.15) is 42.7 Å². The van der Waals surface area contributed by atoms with Gasteiger partial charge in [0.25, 0.3) is 0 Å². The molecule has 0 saturated heterocycles. The van der Waals surface area contributed by atoms with Crippen LogP contribution in [-0.2, 0) is 19.1 Å². The molecule has 5 rings (SSSR count). The Labute approximate surface area is 204 Å². The number of nitrogens with one attached hydrogen (secondary N) is 2. The minimum atomic E-state index is -0.763. The van der Waals surface area contributed by atoms with Crippen LogP contribution in [0.15, 0.2) is 48.5 Å². The van der Waals surface area contributed by atoms with Crippen LogP contribution in [0.2, 0.25) is 0 Å². The maximum absolute atomic E-state index is 12.5. The highest BCUT2D eigenvalue weighted by atomic mass is 16.5. The molecular formula is C27H30N2O6. The van der Waals surface area contributed by atoms with Crippen molar-refractivity contribution in [3.63, 3.8) is 0 Å². The molecule has 0 spiro atoms. The van der Waals surface area contributed by atoms with E-state index < -0.39 is 23.6 Å². The SMILES string of the molecule is COC(CNC(=O)OCC1c2ccccc2-c2ccccc21)CC(=O)N[C@@H]1C[C@H]2C[C@@]2(C(=O)O)C1. The summed E-state index contributed by atoms with van der Waals surface area (Å²) in [6.07, 6.45) is 0.886. The molecule has 0 heterocycles. The number of ether oxygens (including phenoxy) is 2. The third kappa shape index (κ3) is 4.50. The summed E-state index contributed by atoms with van der Waals surface area (Å²) in [6.45, 7) is 0.346. The van der Waals surface area contributed by atoms with Gasteiger partial charge in [0.2, 0.25) is 5.91 Å². The molecule has 8 nitrogen and oxygen atoms in total. The van der Waals surface area contributed by atoms with E-state index in [0.717, 1.165) is 22.3 Å². The van der Waals surface area contributed by atoms with E-state index in [0.29, 0.717) is 19.3 Å². The summed E-state index contributed by atoms with van der Waals surface area (Å²) < 4.78 is 10.9. The van der Waals surface area contributed by atoms with Crippen molar-refractivity contribution in [1.82, 2.24) is 10.6 Å². The van der Waals surface area contributed by atoms with Gasteiger partial charge in [0, 0.05) is 25.6 Å². The van der Waals surface area contributed by atoms with E-state index in [1.807, 2.05) is 24.3 Å². The van der Waals surface area contributed by atoms with E-state index >= 15 is 0 Å². The van der Waals surface area contributed by atoms with Crippen LogP contribution in [0.25, 0.3) is 11.1 Å². The number of benzene rings is 2. The molecule has 3 aliphatic rings. The van der Waals surface area contributed by atoms with Crippen LogP contribution in [-0.4, -0.2) is 55.5 Å². The number of aliphatic carboxylic acids is 1. The molecule has 184 valence electrons. The Hall–Kier alpha value is -3.39. The number of alkyl carbamates (subject to hydrolysis) is 1. The number of carboxylic acid groups (broad SMARTS) is 1. The number of amides is 2. The molecule has 0 radical (unpaired) electrons. The summed E-state index contributed by atoms with van der Waals surface area (Å²) in [4.78, 5) is 36.3. The van der Waals surface area contributed by atoms with Crippen molar-refractivity contribution < 1.29 is 29.0 Å². The minimum Gasteiger partial charge on any atom is -0.481 e. The van der Waals surface area contributed by atoms with Gasteiger partial charge >= 0.3 is 12.1 Å². The Morgan fingerprint density at radius 1 is 1.06 bits per heavy atom. The third-order valence-corrected chi connectivity index (χ3v) is 7.77. The first kappa shape index (κ1) is 23.4. The average molecular weight is 479 g/mol. The normalized spacial score (nSPS) is 24.6. The van der Waals surface area contributed by atoms with Gasteiger partial charge in [-0.1, -0.05) is 48.5 Å². The molecule has 35 heavy (non-hydrogen) atoms. The molecule has 8 heteroatoms. The molecule has 3 aliphatic carbocycles. The number of carboxylic acids is 1. The van der Waals surface area contributed by atoms with Gasteiger partial charge in [-0.15, -0.1) is 0 Å². The highest BCUT2D eigenvalue weighted by Crippen LogP contribution is 2.63. The molecule has 0 aromatic heterocycles. The molecule has 4 atom stereocenters. The molecule has 2 fully saturated rings. The summed E-state index contributed by atoms with van der Waals surface area (Å²) in [7, 11) is 1.49. The second-order valence-electron chi connectivity index (χ2n) is 9.83. The van der Waals surface area contributed by atoms with Gasteiger partial charge in [-0.3, -0.25) is 9.59 Å². The summed E-state index contributed by atoms with van der Waals surface area (Å²) in [5.41, 5.74) is 3.97. The maximum atomic E-state index is 12.5. The fourth-order valence-electron chi connectivity index (χ4n) is 5.84. The Bertz CT molecular complexity index is 1100. The lowest BCUT2D eigenvalue weighted by molar-refractivity contribution is -0.143. The smallest absolute Gasteiger partial charge is 0.407 e. The number of methoxy groups -OCH3 is 1. The predicted molar refractivity (Wildman–Crippen MR) is 128 cm³/mol. The Morgan fingerprint density at radius 2 is 1.71 bits per heavy atom. The lowest BCUT2D eigenvalue weighted by Crippen LogP contribution is -2.40.